The molecule has 1 aliphatic rings. The topological polar surface area (TPSA) is 52.1 Å². The predicted octanol–water partition coefficient (Wildman–Crippen LogP) is 14.6. The van der Waals surface area contributed by atoms with E-state index in [-0.39, 0.29) is 25.7 Å². The molecule has 0 unspecified atom stereocenters. The number of hydrogen-bond acceptors (Lipinski definition) is 4. The average molecular weight is 971 g/mol. The zero-order valence-corrected chi connectivity index (χ0v) is 37.6. The van der Waals surface area contributed by atoms with Crippen LogP contribution in [0, 0.1) is 19.0 Å². The molecule has 10 rings (SSSR count). The summed E-state index contributed by atoms with van der Waals surface area (Å²) in [6, 6.07) is 42.7. The van der Waals surface area contributed by atoms with Crippen molar-refractivity contribution in [1.29, 1.82) is 0 Å². The summed E-state index contributed by atoms with van der Waals surface area (Å²) in [5, 5.41) is 4.50. The SMILES string of the molecule is [2H]C(C)(C)c1cc(-c2[c-]ccc(-c3ccccc3)c2)ncc1[Si](C)(C)C.[2H]C([2H])([2H])c1c[c-]c(-c2cc(C3CCCCC3)ccn2)c2oc3c(ccc4c5ccccc5oc43)c12.[Ir]. The van der Waals surface area contributed by atoms with Crippen LogP contribution in [0.15, 0.2) is 130 Å². The summed E-state index contributed by atoms with van der Waals surface area (Å²) in [5.41, 5.74) is 10.6. The molecule has 4 heterocycles. The number of nitrogens with zero attached hydrogens (tertiary/aromatic N) is 2. The Morgan fingerprint density at radius 2 is 1.51 bits per heavy atom. The van der Waals surface area contributed by atoms with Gasteiger partial charge in [-0.1, -0.05) is 148 Å². The fourth-order valence-electron chi connectivity index (χ4n) is 8.57. The predicted molar refractivity (Wildman–Crippen MR) is 245 cm³/mol. The molecular formula is C53H50IrN2O2Si-2. The van der Waals surface area contributed by atoms with E-state index >= 15 is 0 Å². The fourth-order valence-corrected chi connectivity index (χ4v) is 10.1. The van der Waals surface area contributed by atoms with Gasteiger partial charge >= 0.3 is 0 Å². The van der Waals surface area contributed by atoms with Gasteiger partial charge in [0.05, 0.1) is 13.7 Å². The van der Waals surface area contributed by atoms with E-state index in [2.05, 4.69) is 79.2 Å². The summed E-state index contributed by atoms with van der Waals surface area (Å²) < 4.78 is 45.9. The van der Waals surface area contributed by atoms with Crippen molar-refractivity contribution in [2.24, 2.45) is 0 Å². The Bertz CT molecular complexity index is 3080. The largest absolute Gasteiger partial charge is 0.497 e. The molecule has 0 spiro atoms. The van der Waals surface area contributed by atoms with E-state index in [9.17, 15) is 0 Å². The molecule has 4 aromatic heterocycles. The summed E-state index contributed by atoms with van der Waals surface area (Å²) in [6.45, 7) is 8.52. The first-order valence-electron chi connectivity index (χ1n) is 22.4. The smallest absolute Gasteiger partial charge is 0.177 e. The minimum Gasteiger partial charge on any atom is -0.497 e. The molecule has 5 aromatic carbocycles. The quantitative estimate of drug-likeness (QED) is 0.123. The van der Waals surface area contributed by atoms with Gasteiger partial charge in [0, 0.05) is 54.1 Å². The maximum atomic E-state index is 8.61. The molecule has 0 saturated heterocycles. The van der Waals surface area contributed by atoms with Crippen LogP contribution >= 0.6 is 0 Å². The Balaban J connectivity index is 0.000000180. The van der Waals surface area contributed by atoms with Crippen LogP contribution in [0.3, 0.4) is 0 Å². The first-order chi connectivity index (χ1) is 29.6. The molecule has 0 amide bonds. The van der Waals surface area contributed by atoms with E-state index in [1.54, 1.807) is 6.07 Å². The third-order valence-electron chi connectivity index (χ3n) is 11.6. The summed E-state index contributed by atoms with van der Waals surface area (Å²) in [6.07, 6.45) is 10.0. The molecule has 0 atom stereocenters. The number of aromatic nitrogens is 2. The van der Waals surface area contributed by atoms with Gasteiger partial charge in [-0.25, -0.2) is 0 Å². The first-order valence-corrected chi connectivity index (χ1v) is 23.9. The van der Waals surface area contributed by atoms with E-state index in [1.807, 2.05) is 86.9 Å². The summed E-state index contributed by atoms with van der Waals surface area (Å²) in [7, 11) is -1.57. The fraction of sp³-hybridized carbons (Fsp3) is 0.245. The zero-order chi connectivity index (χ0) is 43.4. The monoisotopic (exact) mass is 971 g/mol. The number of para-hydroxylation sites is 1. The maximum Gasteiger partial charge on any atom is 0.177 e. The average Bonchev–Trinajstić information content (AvgIpc) is 3.85. The molecular weight excluding hydrogens is 917 g/mol. The van der Waals surface area contributed by atoms with Crippen LogP contribution in [0.2, 0.25) is 19.6 Å². The van der Waals surface area contributed by atoms with Crippen LogP contribution in [0.4, 0.5) is 0 Å². The normalized spacial score (nSPS) is 14.9. The van der Waals surface area contributed by atoms with Crippen LogP contribution in [-0.2, 0) is 20.1 Å². The van der Waals surface area contributed by atoms with Crippen LogP contribution in [0.5, 0.6) is 0 Å². The second kappa shape index (κ2) is 16.9. The maximum absolute atomic E-state index is 8.61. The Hall–Kier alpha value is -5.13. The summed E-state index contributed by atoms with van der Waals surface area (Å²) >= 11 is 0. The molecule has 9 aromatic rings. The van der Waals surface area contributed by atoms with Gasteiger partial charge in [-0.3, -0.25) is 0 Å². The molecule has 1 aliphatic carbocycles. The van der Waals surface area contributed by atoms with Crippen molar-refractivity contribution in [3.8, 4) is 33.6 Å². The van der Waals surface area contributed by atoms with Gasteiger partial charge in [-0.05, 0) is 65.0 Å². The number of aryl methyl sites for hydroxylation is 1. The first kappa shape index (κ1) is 35.8. The van der Waals surface area contributed by atoms with Crippen molar-refractivity contribution in [1.82, 2.24) is 9.97 Å². The minimum atomic E-state index is -2.32. The second-order valence-corrected chi connectivity index (χ2v) is 21.9. The molecule has 299 valence electrons. The molecule has 0 N–H and O–H groups in total. The van der Waals surface area contributed by atoms with Crippen molar-refractivity contribution in [3.63, 3.8) is 0 Å². The Morgan fingerprint density at radius 3 is 2.29 bits per heavy atom. The Kier molecular flexibility index (Phi) is 10.2. The number of rotatable bonds is 6. The van der Waals surface area contributed by atoms with Crippen molar-refractivity contribution in [2.45, 2.75) is 84.3 Å². The van der Waals surface area contributed by atoms with E-state index in [1.165, 1.54) is 48.4 Å². The molecule has 59 heavy (non-hydrogen) atoms. The molecule has 4 nitrogen and oxygen atoms in total. The number of fused-ring (bicyclic) bond motifs is 7. The van der Waals surface area contributed by atoms with Gasteiger partial charge in [-0.2, -0.15) is 0 Å². The Labute approximate surface area is 368 Å². The van der Waals surface area contributed by atoms with Crippen LogP contribution < -0.4 is 5.19 Å². The van der Waals surface area contributed by atoms with Gasteiger partial charge in [0.15, 0.2) is 11.2 Å². The van der Waals surface area contributed by atoms with E-state index in [0.29, 0.717) is 33.6 Å². The van der Waals surface area contributed by atoms with Gasteiger partial charge in [0.2, 0.25) is 0 Å². The van der Waals surface area contributed by atoms with Gasteiger partial charge in [0.1, 0.15) is 5.58 Å². The third-order valence-corrected chi connectivity index (χ3v) is 13.6. The Morgan fingerprint density at radius 1 is 0.746 bits per heavy atom. The van der Waals surface area contributed by atoms with Crippen LogP contribution in [0.25, 0.3) is 77.5 Å². The number of benzene rings is 5. The van der Waals surface area contributed by atoms with Crippen molar-refractivity contribution < 1.29 is 34.4 Å². The summed E-state index contributed by atoms with van der Waals surface area (Å²) in [4.78, 5) is 9.40. The zero-order valence-electron chi connectivity index (χ0n) is 38.2. The van der Waals surface area contributed by atoms with Crippen molar-refractivity contribution in [3.05, 3.63) is 150 Å². The summed E-state index contributed by atoms with van der Waals surface area (Å²) in [5.74, 6) is -0.117. The standard InChI is InChI=1S/C30H24NO2.C23H26NSi.Ir/c1-18-11-12-23(25-17-20(15-16-31-25)19-7-3-2-4-8-19)28-27(18)24-14-13-22-21-9-5-6-10-26(21)32-29(22)30(24)33-28;1-17(2)21-15-22(24-16-23(21)25(3,4)5)20-13-9-12-19(14-20)18-10-7-6-8-11-18;/h5-6,9-11,13-17,19H,2-4,7-8H2,1H3;6-12,14-17H,1-5H3;/q2*-1;/i1D3;17D;. The molecule has 6 heteroatoms. The molecule has 1 fully saturated rings. The third kappa shape index (κ3) is 7.99. The number of furan rings is 2. The van der Waals surface area contributed by atoms with Crippen molar-refractivity contribution >= 4 is 57.1 Å². The van der Waals surface area contributed by atoms with Crippen LogP contribution in [-0.4, -0.2) is 18.0 Å². The van der Waals surface area contributed by atoms with Gasteiger partial charge in [-0.15, -0.1) is 53.1 Å². The minimum absolute atomic E-state index is 0. The second-order valence-electron chi connectivity index (χ2n) is 16.8. The van der Waals surface area contributed by atoms with E-state index < -0.39 is 20.8 Å². The van der Waals surface area contributed by atoms with Gasteiger partial charge < -0.3 is 18.8 Å². The van der Waals surface area contributed by atoms with E-state index in [0.717, 1.165) is 49.8 Å². The van der Waals surface area contributed by atoms with Crippen LogP contribution in [0.1, 0.15) is 79.9 Å². The number of pyridine rings is 2. The van der Waals surface area contributed by atoms with E-state index in [4.69, 9.17) is 19.3 Å². The molecule has 1 saturated carbocycles. The number of hydrogen-bond donors (Lipinski definition) is 0. The van der Waals surface area contributed by atoms with Crippen molar-refractivity contribution in [2.75, 3.05) is 0 Å². The molecule has 0 bridgehead atoms. The van der Waals surface area contributed by atoms with Gasteiger partial charge in [0.25, 0.3) is 0 Å². The molecule has 0 aliphatic heterocycles. The molecule has 1 radical (unpaired) electrons.